The molecule has 1 saturated carbocycles. The van der Waals surface area contributed by atoms with Gasteiger partial charge in [-0.25, -0.2) is 0 Å². The highest BCUT2D eigenvalue weighted by Gasteiger charge is 2.30. The Bertz CT molecular complexity index is 803. The lowest BCUT2D eigenvalue weighted by atomic mass is 10.2. The first kappa shape index (κ1) is 17.4. The maximum absolute atomic E-state index is 12.4. The molecule has 1 heterocycles. The fourth-order valence-corrected chi connectivity index (χ4v) is 3.40. The van der Waals surface area contributed by atoms with Gasteiger partial charge in [0.25, 0.3) is 5.69 Å². The highest BCUT2D eigenvalue weighted by atomic mass is 32.2. The molecule has 1 fully saturated rings. The lowest BCUT2D eigenvalue weighted by Gasteiger charge is -2.12. The number of carbonyl (C=O) groups is 1. The average molecular weight is 361 g/mol. The van der Waals surface area contributed by atoms with Crippen molar-refractivity contribution < 1.29 is 9.72 Å². The Labute approximate surface area is 149 Å². The topological polar surface area (TPSA) is 103 Å². The molecule has 1 aliphatic carbocycles. The Morgan fingerprint density at radius 3 is 2.88 bits per heavy atom. The van der Waals surface area contributed by atoms with Crippen LogP contribution in [0.15, 0.2) is 29.4 Å². The molecule has 132 valence electrons. The molecule has 0 bridgehead atoms. The molecule has 8 nitrogen and oxygen atoms in total. The third-order valence-corrected chi connectivity index (χ3v) is 5.06. The first-order valence-electron chi connectivity index (χ1n) is 8.14. The van der Waals surface area contributed by atoms with E-state index in [1.807, 2.05) is 6.92 Å². The van der Waals surface area contributed by atoms with E-state index < -0.39 is 10.2 Å². The number of aromatic nitrogens is 3. The standard InChI is InChI=1S/C16H19N5O3S/c1-3-20-14(11-7-8-11)18-19-16(20)25-10(2)15(22)17-12-5-4-6-13(9-12)21(23)24/h4-6,9-11H,3,7-8H2,1-2H3,(H,17,22). The van der Waals surface area contributed by atoms with Crippen molar-refractivity contribution in [3.63, 3.8) is 0 Å². The molecule has 2 aromatic rings. The van der Waals surface area contributed by atoms with Crippen molar-refractivity contribution in [3.8, 4) is 0 Å². The first-order valence-corrected chi connectivity index (χ1v) is 9.02. The number of hydrogen-bond acceptors (Lipinski definition) is 6. The van der Waals surface area contributed by atoms with Crippen molar-refractivity contribution in [2.75, 3.05) is 5.32 Å². The summed E-state index contributed by atoms with van der Waals surface area (Å²) in [5.74, 6) is 1.26. The monoisotopic (exact) mass is 361 g/mol. The molecule has 1 unspecified atom stereocenters. The van der Waals surface area contributed by atoms with E-state index in [1.54, 1.807) is 19.1 Å². The van der Waals surface area contributed by atoms with Crippen LogP contribution in [0, 0.1) is 10.1 Å². The fraction of sp³-hybridized carbons (Fsp3) is 0.438. The van der Waals surface area contributed by atoms with Gasteiger partial charge in [0, 0.05) is 30.3 Å². The second-order valence-corrected chi connectivity index (χ2v) is 7.22. The van der Waals surface area contributed by atoms with Crippen LogP contribution in [-0.4, -0.2) is 30.8 Å². The van der Waals surface area contributed by atoms with Crippen LogP contribution in [0.2, 0.25) is 0 Å². The van der Waals surface area contributed by atoms with E-state index in [2.05, 4.69) is 20.1 Å². The van der Waals surface area contributed by atoms with Crippen LogP contribution in [-0.2, 0) is 11.3 Å². The highest BCUT2D eigenvalue weighted by Crippen LogP contribution is 2.40. The van der Waals surface area contributed by atoms with Gasteiger partial charge >= 0.3 is 0 Å². The smallest absolute Gasteiger partial charge is 0.271 e. The van der Waals surface area contributed by atoms with Crippen molar-refractivity contribution in [1.29, 1.82) is 0 Å². The number of amides is 1. The minimum Gasteiger partial charge on any atom is -0.325 e. The number of nitrogens with one attached hydrogen (secondary N) is 1. The quantitative estimate of drug-likeness (QED) is 0.461. The summed E-state index contributed by atoms with van der Waals surface area (Å²) in [6, 6.07) is 5.90. The molecule has 0 aliphatic heterocycles. The number of carbonyl (C=O) groups excluding carboxylic acids is 1. The summed E-state index contributed by atoms with van der Waals surface area (Å²) < 4.78 is 2.06. The average Bonchev–Trinajstić information content (AvgIpc) is 3.36. The van der Waals surface area contributed by atoms with Gasteiger partial charge < -0.3 is 9.88 Å². The van der Waals surface area contributed by atoms with Crippen LogP contribution in [0.1, 0.15) is 38.4 Å². The molecule has 0 saturated heterocycles. The Kier molecular flexibility index (Phi) is 5.03. The zero-order chi connectivity index (χ0) is 18.0. The second kappa shape index (κ2) is 7.22. The zero-order valence-corrected chi connectivity index (χ0v) is 14.8. The van der Waals surface area contributed by atoms with E-state index in [9.17, 15) is 14.9 Å². The van der Waals surface area contributed by atoms with E-state index in [1.165, 1.54) is 23.9 Å². The van der Waals surface area contributed by atoms with E-state index in [0.29, 0.717) is 11.6 Å². The van der Waals surface area contributed by atoms with Crippen LogP contribution in [0.25, 0.3) is 0 Å². The summed E-state index contributed by atoms with van der Waals surface area (Å²) in [5.41, 5.74) is 0.347. The molecule has 3 rings (SSSR count). The maximum Gasteiger partial charge on any atom is 0.271 e. The molecule has 1 aromatic carbocycles. The maximum atomic E-state index is 12.4. The van der Waals surface area contributed by atoms with Gasteiger partial charge in [0.2, 0.25) is 5.91 Å². The van der Waals surface area contributed by atoms with E-state index >= 15 is 0 Å². The van der Waals surface area contributed by atoms with Crippen molar-refractivity contribution in [1.82, 2.24) is 14.8 Å². The Morgan fingerprint density at radius 2 is 2.24 bits per heavy atom. The number of non-ortho nitro benzene ring substituents is 1. The summed E-state index contributed by atoms with van der Waals surface area (Å²) in [4.78, 5) is 22.7. The summed E-state index contributed by atoms with van der Waals surface area (Å²) in [5, 5.41) is 22.3. The highest BCUT2D eigenvalue weighted by molar-refractivity contribution is 8.00. The van der Waals surface area contributed by atoms with Crippen molar-refractivity contribution in [2.24, 2.45) is 0 Å². The third kappa shape index (κ3) is 3.98. The van der Waals surface area contributed by atoms with Crippen LogP contribution in [0.3, 0.4) is 0 Å². The van der Waals surface area contributed by atoms with Gasteiger partial charge in [-0.15, -0.1) is 10.2 Å². The summed E-state index contributed by atoms with van der Waals surface area (Å²) in [7, 11) is 0. The molecule has 25 heavy (non-hydrogen) atoms. The van der Waals surface area contributed by atoms with E-state index in [4.69, 9.17) is 0 Å². The van der Waals surface area contributed by atoms with Gasteiger partial charge in [0.15, 0.2) is 5.16 Å². The Balaban J connectivity index is 1.67. The number of nitrogens with zero attached hydrogens (tertiary/aromatic N) is 4. The van der Waals surface area contributed by atoms with E-state index in [-0.39, 0.29) is 11.6 Å². The normalized spacial score (nSPS) is 15.0. The second-order valence-electron chi connectivity index (χ2n) is 5.92. The van der Waals surface area contributed by atoms with Crippen LogP contribution < -0.4 is 5.32 Å². The number of hydrogen-bond donors (Lipinski definition) is 1. The molecular weight excluding hydrogens is 342 g/mol. The van der Waals surface area contributed by atoms with Gasteiger partial charge in [-0.2, -0.15) is 0 Å². The molecule has 1 atom stereocenters. The van der Waals surface area contributed by atoms with E-state index in [0.717, 1.165) is 30.4 Å². The lowest BCUT2D eigenvalue weighted by Crippen LogP contribution is -2.23. The van der Waals surface area contributed by atoms with Gasteiger partial charge in [-0.3, -0.25) is 14.9 Å². The number of thioether (sulfide) groups is 1. The van der Waals surface area contributed by atoms with Crippen molar-refractivity contribution in [3.05, 3.63) is 40.2 Å². The minimum atomic E-state index is -0.489. The Morgan fingerprint density at radius 1 is 1.48 bits per heavy atom. The third-order valence-electron chi connectivity index (χ3n) is 3.98. The molecule has 1 aliphatic rings. The number of anilines is 1. The molecule has 1 aromatic heterocycles. The van der Waals surface area contributed by atoms with Gasteiger partial charge in [0.1, 0.15) is 5.82 Å². The molecule has 1 N–H and O–H groups in total. The van der Waals surface area contributed by atoms with Crippen molar-refractivity contribution in [2.45, 2.75) is 49.6 Å². The van der Waals surface area contributed by atoms with Crippen molar-refractivity contribution >= 4 is 29.0 Å². The van der Waals surface area contributed by atoms with Crippen LogP contribution >= 0.6 is 11.8 Å². The predicted molar refractivity (Wildman–Crippen MR) is 94.7 cm³/mol. The minimum absolute atomic E-state index is 0.0575. The zero-order valence-electron chi connectivity index (χ0n) is 14.0. The first-order chi connectivity index (χ1) is 12.0. The Hall–Kier alpha value is -2.42. The van der Waals surface area contributed by atoms with Crippen LogP contribution in [0.4, 0.5) is 11.4 Å². The number of nitro benzene ring substituents is 1. The molecule has 0 radical (unpaired) electrons. The lowest BCUT2D eigenvalue weighted by molar-refractivity contribution is -0.384. The largest absolute Gasteiger partial charge is 0.325 e. The fourth-order valence-electron chi connectivity index (χ4n) is 2.48. The molecular formula is C16H19N5O3S. The predicted octanol–water partition coefficient (Wildman–Crippen LogP) is 3.20. The SMILES string of the molecule is CCn1c(SC(C)C(=O)Nc2cccc([N+](=O)[O-])c2)nnc1C1CC1. The van der Waals surface area contributed by atoms with Gasteiger partial charge in [0.05, 0.1) is 10.2 Å². The number of nitro groups is 1. The summed E-state index contributed by atoms with van der Waals surface area (Å²) in [6.07, 6.45) is 2.29. The summed E-state index contributed by atoms with van der Waals surface area (Å²) >= 11 is 1.34. The molecule has 0 spiro atoms. The van der Waals surface area contributed by atoms with Gasteiger partial charge in [-0.1, -0.05) is 17.8 Å². The van der Waals surface area contributed by atoms with Gasteiger partial charge in [-0.05, 0) is 32.8 Å². The molecule has 1 amide bonds. The number of rotatable bonds is 7. The van der Waals surface area contributed by atoms with Crippen LogP contribution in [0.5, 0.6) is 0 Å². The molecule has 9 heteroatoms. The number of benzene rings is 1. The summed E-state index contributed by atoms with van der Waals surface area (Å²) in [6.45, 7) is 4.58.